The Morgan fingerprint density at radius 1 is 0.878 bits per heavy atom. The summed E-state index contributed by atoms with van der Waals surface area (Å²) in [6.07, 6.45) is 3.51. The Bertz CT molecular complexity index is 2070. The molecule has 6 aromatic rings. The minimum Gasteiger partial charge on any atom is -0.492 e. The number of pyridine rings is 1. The summed E-state index contributed by atoms with van der Waals surface area (Å²) in [6, 6.07) is 25.5. The molecular formula is C37H34F2N8O2. The van der Waals surface area contributed by atoms with Crippen LogP contribution < -0.4 is 15.4 Å². The van der Waals surface area contributed by atoms with Crippen molar-refractivity contribution in [3.63, 3.8) is 0 Å². The Labute approximate surface area is 282 Å². The predicted molar refractivity (Wildman–Crippen MR) is 185 cm³/mol. The lowest BCUT2D eigenvalue weighted by Crippen LogP contribution is -2.45. The molecule has 4 heterocycles. The van der Waals surface area contributed by atoms with Crippen LogP contribution >= 0.6 is 0 Å². The second-order valence-corrected chi connectivity index (χ2v) is 11.8. The van der Waals surface area contributed by atoms with Crippen molar-refractivity contribution in [3.05, 3.63) is 121 Å². The molecule has 1 fully saturated rings. The first-order valence-corrected chi connectivity index (χ1v) is 16.0. The van der Waals surface area contributed by atoms with E-state index in [1.165, 1.54) is 6.07 Å². The standard InChI is InChI=1S/C37H34F2N8O2/c1-45-18-20-46(21-19-45)22-23-49-28-13-11-26(12-14-28)42-37-40-16-15-31(43-37)34-32-10-2-3-17-47(32)44-35(34)25-6-4-7-27(24-25)41-36(48)33-29(38)8-5-9-30(33)39/h2-17,24H,18-23H2,1H3,(H,41,48)(H,40,42,43). The van der Waals surface area contributed by atoms with Crippen molar-refractivity contribution < 1.29 is 18.3 Å². The van der Waals surface area contributed by atoms with E-state index in [9.17, 15) is 13.6 Å². The maximum Gasteiger partial charge on any atom is 0.261 e. The molecule has 7 rings (SSSR count). The second-order valence-electron chi connectivity index (χ2n) is 11.8. The Morgan fingerprint density at radius 2 is 1.65 bits per heavy atom. The predicted octanol–water partition coefficient (Wildman–Crippen LogP) is 6.36. The minimum absolute atomic E-state index is 0.352. The van der Waals surface area contributed by atoms with Crippen LogP contribution in [0.5, 0.6) is 5.75 Å². The van der Waals surface area contributed by atoms with Gasteiger partial charge in [0, 0.05) is 62.1 Å². The zero-order valence-electron chi connectivity index (χ0n) is 26.8. The summed E-state index contributed by atoms with van der Waals surface area (Å²) in [6.45, 7) is 5.80. The van der Waals surface area contributed by atoms with Crippen LogP contribution in [0.15, 0.2) is 103 Å². The van der Waals surface area contributed by atoms with Crippen molar-refractivity contribution in [2.24, 2.45) is 0 Å². The lowest BCUT2D eigenvalue weighted by molar-refractivity contribution is 0.101. The van der Waals surface area contributed by atoms with E-state index >= 15 is 0 Å². The summed E-state index contributed by atoms with van der Waals surface area (Å²) in [7, 11) is 2.15. The summed E-state index contributed by atoms with van der Waals surface area (Å²) >= 11 is 0. The molecule has 10 nitrogen and oxygen atoms in total. The summed E-state index contributed by atoms with van der Waals surface area (Å²) in [4.78, 5) is 26.8. The highest BCUT2D eigenvalue weighted by molar-refractivity contribution is 6.05. The van der Waals surface area contributed by atoms with Crippen LogP contribution in [0, 0.1) is 11.6 Å². The van der Waals surface area contributed by atoms with Crippen molar-refractivity contribution >= 4 is 28.7 Å². The minimum atomic E-state index is -0.939. The van der Waals surface area contributed by atoms with E-state index in [1.807, 2.05) is 60.8 Å². The van der Waals surface area contributed by atoms with Gasteiger partial charge in [-0.15, -0.1) is 0 Å². The number of anilines is 3. The van der Waals surface area contributed by atoms with E-state index in [1.54, 1.807) is 28.9 Å². The fraction of sp³-hybridized carbons (Fsp3) is 0.189. The first-order valence-electron chi connectivity index (χ1n) is 16.0. The van der Waals surface area contributed by atoms with Gasteiger partial charge in [0.2, 0.25) is 5.95 Å². The van der Waals surface area contributed by atoms with E-state index < -0.39 is 23.1 Å². The van der Waals surface area contributed by atoms with Gasteiger partial charge < -0.3 is 20.3 Å². The third-order valence-electron chi connectivity index (χ3n) is 8.42. The summed E-state index contributed by atoms with van der Waals surface area (Å²) in [5, 5.41) is 10.7. The van der Waals surface area contributed by atoms with Crippen LogP contribution in [0.1, 0.15) is 10.4 Å². The number of piperazine rings is 1. The van der Waals surface area contributed by atoms with Crippen LogP contribution in [-0.4, -0.2) is 81.7 Å². The lowest BCUT2D eigenvalue weighted by atomic mass is 10.0. The third kappa shape index (κ3) is 7.25. The van der Waals surface area contributed by atoms with Crippen LogP contribution in [0.3, 0.4) is 0 Å². The quantitative estimate of drug-likeness (QED) is 0.175. The van der Waals surface area contributed by atoms with E-state index in [2.05, 4.69) is 32.5 Å². The molecule has 3 aromatic heterocycles. The van der Waals surface area contributed by atoms with Gasteiger partial charge in [0.1, 0.15) is 35.2 Å². The second kappa shape index (κ2) is 14.2. The van der Waals surface area contributed by atoms with Crippen LogP contribution in [-0.2, 0) is 0 Å². The molecule has 0 bridgehead atoms. The molecule has 3 aromatic carbocycles. The Hall–Kier alpha value is -5.72. The largest absolute Gasteiger partial charge is 0.492 e. The molecule has 1 amide bonds. The van der Waals surface area contributed by atoms with Crippen LogP contribution in [0.4, 0.5) is 26.1 Å². The maximum absolute atomic E-state index is 14.3. The van der Waals surface area contributed by atoms with Gasteiger partial charge in [0.25, 0.3) is 5.91 Å². The number of rotatable bonds is 10. The smallest absolute Gasteiger partial charge is 0.261 e. The molecule has 0 radical (unpaired) electrons. The van der Waals surface area contributed by atoms with Crippen LogP contribution in [0.25, 0.3) is 28.0 Å². The Balaban J connectivity index is 1.10. The number of ether oxygens (including phenoxy) is 1. The van der Waals surface area contributed by atoms with Crippen molar-refractivity contribution in [1.29, 1.82) is 0 Å². The highest BCUT2D eigenvalue weighted by atomic mass is 19.1. The molecule has 0 atom stereocenters. The average molecular weight is 661 g/mol. The average Bonchev–Trinajstić information content (AvgIpc) is 3.50. The summed E-state index contributed by atoms with van der Waals surface area (Å²) < 4.78 is 36.3. The van der Waals surface area contributed by atoms with Gasteiger partial charge in [-0.2, -0.15) is 5.10 Å². The number of likely N-dealkylation sites (N-methyl/N-ethyl adjacent to an activating group) is 1. The number of halogens is 2. The molecule has 1 saturated heterocycles. The molecule has 2 N–H and O–H groups in total. The fourth-order valence-corrected chi connectivity index (χ4v) is 5.79. The van der Waals surface area contributed by atoms with Gasteiger partial charge in [0.15, 0.2) is 0 Å². The normalized spacial score (nSPS) is 13.8. The molecule has 0 spiro atoms. The molecule has 49 heavy (non-hydrogen) atoms. The first-order chi connectivity index (χ1) is 23.9. The molecule has 248 valence electrons. The summed E-state index contributed by atoms with van der Waals surface area (Å²) in [5.41, 5.74) is 3.96. The summed E-state index contributed by atoms with van der Waals surface area (Å²) in [5.74, 6) is -1.58. The van der Waals surface area contributed by atoms with Crippen molar-refractivity contribution in [2.75, 3.05) is 57.0 Å². The third-order valence-corrected chi connectivity index (χ3v) is 8.42. The molecule has 0 saturated carbocycles. The highest BCUT2D eigenvalue weighted by Crippen LogP contribution is 2.35. The van der Waals surface area contributed by atoms with Crippen molar-refractivity contribution in [3.8, 4) is 28.3 Å². The van der Waals surface area contributed by atoms with Gasteiger partial charge >= 0.3 is 0 Å². The number of nitrogens with zero attached hydrogens (tertiary/aromatic N) is 6. The van der Waals surface area contributed by atoms with Gasteiger partial charge in [-0.25, -0.2) is 23.3 Å². The number of nitrogens with one attached hydrogen (secondary N) is 2. The number of hydrogen-bond donors (Lipinski definition) is 2. The molecule has 12 heteroatoms. The molecule has 1 aliphatic heterocycles. The number of benzene rings is 3. The van der Waals surface area contributed by atoms with Gasteiger partial charge in [-0.05, 0) is 73.8 Å². The molecular weight excluding hydrogens is 626 g/mol. The maximum atomic E-state index is 14.3. The van der Waals surface area contributed by atoms with Gasteiger partial charge in [-0.3, -0.25) is 9.69 Å². The first kappa shape index (κ1) is 31.9. The number of hydrogen-bond acceptors (Lipinski definition) is 8. The molecule has 1 aliphatic rings. The highest BCUT2D eigenvalue weighted by Gasteiger charge is 2.21. The van der Waals surface area contributed by atoms with Crippen LogP contribution in [0.2, 0.25) is 0 Å². The van der Waals surface area contributed by atoms with Crippen molar-refractivity contribution in [1.82, 2.24) is 29.4 Å². The zero-order chi connectivity index (χ0) is 33.7. The zero-order valence-corrected chi connectivity index (χ0v) is 26.8. The van der Waals surface area contributed by atoms with Crippen molar-refractivity contribution in [2.45, 2.75) is 0 Å². The van der Waals surface area contributed by atoms with E-state index in [0.29, 0.717) is 35.2 Å². The Morgan fingerprint density at radius 3 is 2.45 bits per heavy atom. The monoisotopic (exact) mass is 660 g/mol. The van der Waals surface area contributed by atoms with Gasteiger partial charge in [0.05, 0.1) is 16.8 Å². The number of aromatic nitrogens is 4. The van der Waals surface area contributed by atoms with E-state index in [4.69, 9.17) is 14.8 Å². The van der Waals surface area contributed by atoms with E-state index in [0.717, 1.165) is 67.4 Å². The van der Waals surface area contributed by atoms with Gasteiger partial charge in [-0.1, -0.05) is 24.3 Å². The number of carbonyl (C=O) groups is 1. The fourth-order valence-electron chi connectivity index (χ4n) is 5.79. The Kier molecular flexibility index (Phi) is 9.22. The number of carbonyl (C=O) groups excluding carboxylic acids is 1. The SMILES string of the molecule is CN1CCN(CCOc2ccc(Nc3nccc(-c4c(-c5cccc(NC(=O)c6c(F)cccc6F)c5)nn5ccccc45)n3)cc2)CC1. The number of fused-ring (bicyclic) bond motifs is 1. The molecule has 0 aliphatic carbocycles. The number of amides is 1. The molecule has 0 unspecified atom stereocenters. The topological polar surface area (TPSA) is 99.9 Å². The lowest BCUT2D eigenvalue weighted by Gasteiger charge is -2.32. The van der Waals surface area contributed by atoms with E-state index in [-0.39, 0.29) is 0 Å².